The molecule has 0 aliphatic rings. The number of methoxy groups -OCH3 is 1. The molecule has 0 saturated heterocycles. The first kappa shape index (κ1) is 13.2. The van der Waals surface area contributed by atoms with Crippen LogP contribution in [0.3, 0.4) is 0 Å². The molecule has 0 aliphatic heterocycles. The van der Waals surface area contributed by atoms with E-state index < -0.39 is 0 Å². The van der Waals surface area contributed by atoms with E-state index >= 15 is 0 Å². The lowest BCUT2D eigenvalue weighted by molar-refractivity contribution is 0.401. The Morgan fingerprint density at radius 3 is 2.53 bits per heavy atom. The number of benzene rings is 1. The summed E-state index contributed by atoms with van der Waals surface area (Å²) in [5, 5.41) is 16.5. The summed E-state index contributed by atoms with van der Waals surface area (Å²) >= 11 is 0. The Morgan fingerprint density at radius 2 is 2.06 bits per heavy atom. The van der Waals surface area contributed by atoms with Crippen LogP contribution in [-0.4, -0.2) is 12.8 Å². The minimum Gasteiger partial charge on any atom is -0.497 e. The van der Waals surface area contributed by atoms with E-state index in [1.54, 1.807) is 19.2 Å². The fraction of sp³-hybridized carbons (Fsp3) is 0.429. The van der Waals surface area contributed by atoms with E-state index in [0.717, 1.165) is 17.7 Å². The molecule has 0 atom stereocenters. The maximum Gasteiger partial charge on any atom is 0.139 e. The Kier molecular flexibility index (Phi) is 3.90. The van der Waals surface area contributed by atoms with Crippen LogP contribution in [0, 0.1) is 22.2 Å². The molecule has 0 aliphatic carbocycles. The number of nitrogens with one attached hydrogen (secondary N) is 1. The number of nitrogens with zero attached hydrogens (tertiary/aromatic N) is 1. The minimum absolute atomic E-state index is 0.00639. The van der Waals surface area contributed by atoms with Crippen LogP contribution in [0.1, 0.15) is 31.9 Å². The molecule has 1 rings (SSSR count). The summed E-state index contributed by atoms with van der Waals surface area (Å²) in [6.07, 6.45) is 0.809. The Labute approximate surface area is 103 Å². The largest absolute Gasteiger partial charge is 0.497 e. The molecule has 1 aromatic rings. The molecule has 0 heterocycles. The molecule has 3 heteroatoms. The minimum atomic E-state index is 0.00639. The fourth-order valence-corrected chi connectivity index (χ4v) is 1.72. The summed E-state index contributed by atoms with van der Waals surface area (Å²) < 4.78 is 5.18. The average molecular weight is 230 g/mol. The van der Waals surface area contributed by atoms with Crippen molar-refractivity contribution in [3.63, 3.8) is 0 Å². The van der Waals surface area contributed by atoms with Gasteiger partial charge in [0.05, 0.1) is 7.11 Å². The van der Waals surface area contributed by atoms with Crippen LogP contribution in [-0.2, 0) is 6.42 Å². The predicted molar refractivity (Wildman–Crippen MR) is 68.6 cm³/mol. The highest BCUT2D eigenvalue weighted by Gasteiger charge is 2.16. The Hall–Kier alpha value is -1.82. The Morgan fingerprint density at radius 1 is 1.41 bits per heavy atom. The summed E-state index contributed by atoms with van der Waals surface area (Å²) in [6, 6.07) is 7.36. The van der Waals surface area contributed by atoms with Gasteiger partial charge in [-0.25, -0.2) is 0 Å². The maximum atomic E-state index is 8.83. The zero-order valence-electron chi connectivity index (χ0n) is 10.8. The van der Waals surface area contributed by atoms with Crippen LogP contribution >= 0.6 is 0 Å². The number of nitriles is 1. The number of hydrogen-bond acceptors (Lipinski definition) is 3. The Balaban J connectivity index is 3.22. The van der Waals surface area contributed by atoms with Crippen molar-refractivity contribution in [3.05, 3.63) is 29.3 Å². The van der Waals surface area contributed by atoms with Gasteiger partial charge in [-0.15, -0.1) is 0 Å². The summed E-state index contributed by atoms with van der Waals surface area (Å²) in [5.41, 5.74) is 1.80. The average Bonchev–Trinajstić information content (AvgIpc) is 2.25. The number of ether oxygens (including phenoxy) is 1. The van der Waals surface area contributed by atoms with Gasteiger partial charge in [0.1, 0.15) is 17.5 Å². The predicted octanol–water partition coefficient (Wildman–Crippen LogP) is 3.18. The summed E-state index contributed by atoms with van der Waals surface area (Å²) in [7, 11) is 1.62. The molecule has 0 aromatic heterocycles. The van der Waals surface area contributed by atoms with Crippen molar-refractivity contribution in [2.45, 2.75) is 27.2 Å². The van der Waals surface area contributed by atoms with E-state index in [4.69, 9.17) is 15.4 Å². The second-order valence-corrected chi connectivity index (χ2v) is 5.25. The molecule has 1 aromatic carbocycles. The van der Waals surface area contributed by atoms with E-state index in [-0.39, 0.29) is 11.1 Å². The normalized spacial score (nSPS) is 10.8. The topological polar surface area (TPSA) is 56.9 Å². The number of rotatable bonds is 3. The van der Waals surface area contributed by atoms with Crippen LogP contribution in [0.4, 0.5) is 0 Å². The van der Waals surface area contributed by atoms with Gasteiger partial charge in [-0.05, 0) is 35.6 Å². The fourth-order valence-electron chi connectivity index (χ4n) is 1.72. The first-order valence-corrected chi connectivity index (χ1v) is 5.53. The molecule has 0 saturated carbocycles. The van der Waals surface area contributed by atoms with E-state index in [0.29, 0.717) is 5.56 Å². The zero-order chi connectivity index (χ0) is 13.1. The van der Waals surface area contributed by atoms with Gasteiger partial charge in [0.15, 0.2) is 0 Å². The van der Waals surface area contributed by atoms with Crippen molar-refractivity contribution in [1.29, 1.82) is 10.7 Å². The third-order valence-corrected chi connectivity index (χ3v) is 2.41. The van der Waals surface area contributed by atoms with Gasteiger partial charge in [0, 0.05) is 5.56 Å². The van der Waals surface area contributed by atoms with E-state index in [1.165, 1.54) is 0 Å². The molecule has 0 radical (unpaired) electrons. The van der Waals surface area contributed by atoms with Gasteiger partial charge in [-0.1, -0.05) is 20.8 Å². The molecule has 0 unspecified atom stereocenters. The monoisotopic (exact) mass is 230 g/mol. The first-order chi connectivity index (χ1) is 7.87. The zero-order valence-corrected chi connectivity index (χ0v) is 10.8. The van der Waals surface area contributed by atoms with E-state index in [2.05, 4.69) is 20.8 Å². The van der Waals surface area contributed by atoms with Crippen molar-refractivity contribution in [2.24, 2.45) is 5.41 Å². The van der Waals surface area contributed by atoms with Crippen LogP contribution in [0.2, 0.25) is 0 Å². The maximum absolute atomic E-state index is 8.83. The summed E-state index contributed by atoms with van der Waals surface area (Å²) in [6.45, 7) is 6.39. The quantitative estimate of drug-likeness (QED) is 0.811. The van der Waals surface area contributed by atoms with Gasteiger partial charge in [0.2, 0.25) is 0 Å². The molecule has 0 spiro atoms. The highest BCUT2D eigenvalue weighted by Crippen LogP contribution is 2.26. The molecule has 3 nitrogen and oxygen atoms in total. The van der Waals surface area contributed by atoms with Gasteiger partial charge in [0.25, 0.3) is 0 Å². The molecular weight excluding hydrogens is 212 g/mol. The lowest BCUT2D eigenvalue weighted by Gasteiger charge is -2.20. The molecular formula is C14H18N2O. The second kappa shape index (κ2) is 5.01. The van der Waals surface area contributed by atoms with Gasteiger partial charge < -0.3 is 4.74 Å². The second-order valence-electron chi connectivity index (χ2n) is 5.25. The molecule has 90 valence electrons. The summed E-state index contributed by atoms with van der Waals surface area (Å²) in [4.78, 5) is 0. The Bertz CT molecular complexity index is 464. The van der Waals surface area contributed by atoms with Crippen LogP contribution in [0.25, 0.3) is 0 Å². The van der Waals surface area contributed by atoms with Crippen molar-refractivity contribution in [2.75, 3.05) is 7.11 Å². The van der Waals surface area contributed by atoms with Crippen LogP contribution in [0.15, 0.2) is 18.2 Å². The highest BCUT2D eigenvalue weighted by atomic mass is 16.5. The first-order valence-electron chi connectivity index (χ1n) is 5.53. The summed E-state index contributed by atoms with van der Waals surface area (Å²) in [5.74, 6) is 0.763. The highest BCUT2D eigenvalue weighted by molar-refractivity contribution is 6.10. The van der Waals surface area contributed by atoms with E-state index in [9.17, 15) is 0 Å². The molecule has 0 fully saturated rings. The van der Waals surface area contributed by atoms with Gasteiger partial charge >= 0.3 is 0 Å². The van der Waals surface area contributed by atoms with Crippen molar-refractivity contribution >= 4 is 5.71 Å². The number of hydrogen-bond donors (Lipinski definition) is 1. The van der Waals surface area contributed by atoms with Crippen LogP contribution in [0.5, 0.6) is 5.75 Å². The van der Waals surface area contributed by atoms with Gasteiger partial charge in [-0.2, -0.15) is 5.26 Å². The van der Waals surface area contributed by atoms with Crippen molar-refractivity contribution in [3.8, 4) is 11.8 Å². The lowest BCUT2D eigenvalue weighted by atomic mass is 9.85. The SMILES string of the molecule is COc1ccc(C(=N)C#N)c(CC(C)(C)C)c1. The third kappa shape index (κ3) is 3.60. The van der Waals surface area contributed by atoms with Crippen molar-refractivity contribution in [1.82, 2.24) is 0 Å². The molecule has 1 N–H and O–H groups in total. The lowest BCUT2D eigenvalue weighted by Crippen LogP contribution is -2.13. The van der Waals surface area contributed by atoms with E-state index in [1.807, 2.05) is 12.1 Å². The van der Waals surface area contributed by atoms with Gasteiger partial charge in [-0.3, -0.25) is 5.41 Å². The smallest absolute Gasteiger partial charge is 0.139 e. The third-order valence-electron chi connectivity index (χ3n) is 2.41. The van der Waals surface area contributed by atoms with Crippen molar-refractivity contribution < 1.29 is 4.74 Å². The van der Waals surface area contributed by atoms with Crippen LogP contribution < -0.4 is 4.74 Å². The molecule has 0 bridgehead atoms. The molecule has 0 amide bonds. The molecule has 17 heavy (non-hydrogen) atoms. The standard InChI is InChI=1S/C14H18N2O/c1-14(2,3)8-10-7-11(17-4)5-6-12(10)13(16)9-15/h5-7,16H,8H2,1-4H3.